The van der Waals surface area contributed by atoms with Gasteiger partial charge in [-0.25, -0.2) is 4.79 Å². The monoisotopic (exact) mass is 509 g/mol. The van der Waals surface area contributed by atoms with Crippen molar-refractivity contribution in [2.45, 2.75) is 70.4 Å². The van der Waals surface area contributed by atoms with Crippen molar-refractivity contribution in [3.63, 3.8) is 0 Å². The molecule has 1 saturated carbocycles. The lowest BCUT2D eigenvalue weighted by molar-refractivity contribution is -0.166. The third-order valence-electron chi connectivity index (χ3n) is 7.51. The van der Waals surface area contributed by atoms with E-state index in [1.807, 2.05) is 60.7 Å². The zero-order chi connectivity index (χ0) is 27.0. The molecule has 0 unspecified atom stereocenters. The molecule has 0 bridgehead atoms. The first-order valence-electron chi connectivity index (χ1n) is 13.5. The number of aromatic nitrogens is 1. The molecule has 0 saturated heterocycles. The number of carbonyl (C=O) groups is 2. The first-order chi connectivity index (χ1) is 18.5. The lowest BCUT2D eigenvalue weighted by Gasteiger charge is -2.44. The van der Waals surface area contributed by atoms with Gasteiger partial charge in [0.25, 0.3) is 0 Å². The molecular weight excluding hydrogens is 474 g/mol. The fourth-order valence-electron chi connectivity index (χ4n) is 5.40. The first kappa shape index (κ1) is 27.1. The van der Waals surface area contributed by atoms with Crippen LogP contribution in [0.5, 0.6) is 0 Å². The van der Waals surface area contributed by atoms with Gasteiger partial charge in [0.1, 0.15) is 5.54 Å². The fourth-order valence-corrected chi connectivity index (χ4v) is 5.40. The largest absolute Gasteiger partial charge is 0.467 e. The van der Waals surface area contributed by atoms with Crippen LogP contribution in [0.4, 0.5) is 0 Å². The Labute approximate surface area is 225 Å². The van der Waals surface area contributed by atoms with Crippen LogP contribution in [-0.4, -0.2) is 34.4 Å². The Morgan fingerprint density at radius 2 is 1.76 bits per heavy atom. The van der Waals surface area contributed by atoms with Crippen LogP contribution in [0.2, 0.25) is 0 Å². The van der Waals surface area contributed by atoms with E-state index in [9.17, 15) is 14.9 Å². The maximum absolute atomic E-state index is 13.5. The van der Waals surface area contributed by atoms with E-state index in [4.69, 9.17) is 4.74 Å². The number of ether oxygens (including phenoxy) is 1. The summed E-state index contributed by atoms with van der Waals surface area (Å²) >= 11 is 0. The van der Waals surface area contributed by atoms with Crippen molar-refractivity contribution in [3.8, 4) is 28.5 Å². The Morgan fingerprint density at radius 1 is 1.03 bits per heavy atom. The molecule has 1 heterocycles. The van der Waals surface area contributed by atoms with Crippen LogP contribution < -0.4 is 0 Å². The molecule has 1 aromatic heterocycles. The van der Waals surface area contributed by atoms with Crippen molar-refractivity contribution in [3.05, 3.63) is 78.0 Å². The Hall–Kier alpha value is -3.98. The summed E-state index contributed by atoms with van der Waals surface area (Å²) in [7, 11) is 1.41. The van der Waals surface area contributed by atoms with Gasteiger partial charge in [-0.2, -0.15) is 5.26 Å². The predicted octanol–water partition coefficient (Wildman–Crippen LogP) is 6.68. The number of carbonyl (C=O) groups excluding carboxylic acids is 2. The Morgan fingerprint density at radius 3 is 2.39 bits per heavy atom. The number of amides is 1. The smallest absolute Gasteiger partial charge is 0.331 e. The zero-order valence-corrected chi connectivity index (χ0v) is 22.3. The molecule has 1 amide bonds. The van der Waals surface area contributed by atoms with Gasteiger partial charge in [0.2, 0.25) is 5.91 Å². The van der Waals surface area contributed by atoms with E-state index in [-0.39, 0.29) is 11.9 Å². The molecule has 4 rings (SSSR count). The van der Waals surface area contributed by atoms with Gasteiger partial charge < -0.3 is 9.64 Å². The van der Waals surface area contributed by atoms with Crippen molar-refractivity contribution in [1.82, 2.24) is 9.88 Å². The van der Waals surface area contributed by atoms with Crippen LogP contribution in [0.15, 0.2) is 66.9 Å². The van der Waals surface area contributed by atoms with Gasteiger partial charge in [0.15, 0.2) is 0 Å². The van der Waals surface area contributed by atoms with Crippen molar-refractivity contribution in [2.75, 3.05) is 7.11 Å². The van der Waals surface area contributed by atoms with E-state index in [2.05, 4.69) is 18.0 Å². The maximum Gasteiger partial charge on any atom is 0.331 e. The fraction of sp³-hybridized carbons (Fsp3) is 0.375. The average molecular weight is 510 g/mol. The van der Waals surface area contributed by atoms with Crippen LogP contribution in [0, 0.1) is 11.3 Å². The molecule has 196 valence electrons. The highest BCUT2D eigenvalue weighted by molar-refractivity contribution is 5.88. The molecule has 0 spiro atoms. The van der Waals surface area contributed by atoms with Gasteiger partial charge in [-0.15, -0.1) is 0 Å². The highest BCUT2D eigenvalue weighted by atomic mass is 16.5. The van der Waals surface area contributed by atoms with Gasteiger partial charge in [0.05, 0.1) is 24.4 Å². The Balaban J connectivity index is 1.65. The lowest BCUT2D eigenvalue weighted by Crippen LogP contribution is -2.58. The van der Waals surface area contributed by atoms with Gasteiger partial charge >= 0.3 is 5.97 Å². The van der Waals surface area contributed by atoms with Crippen LogP contribution in [-0.2, 0) is 20.9 Å². The Kier molecular flexibility index (Phi) is 8.91. The molecule has 2 aromatic carbocycles. The van der Waals surface area contributed by atoms with Crippen molar-refractivity contribution in [1.29, 1.82) is 5.26 Å². The minimum atomic E-state index is -0.915. The number of nitriles is 1. The SMILES string of the molecule is CCCCC(=O)N(Cc1ccc(-c2cc(-c3ccccn3)ccc2C#N)cc1)C1(C(=O)OC)CCCCC1. The number of nitrogens with zero attached hydrogens (tertiary/aromatic N) is 3. The second-order valence-corrected chi connectivity index (χ2v) is 9.95. The molecule has 0 N–H and O–H groups in total. The minimum absolute atomic E-state index is 0.00180. The van der Waals surface area contributed by atoms with Crippen LogP contribution >= 0.6 is 0 Å². The maximum atomic E-state index is 13.5. The van der Waals surface area contributed by atoms with Crippen molar-refractivity contribution >= 4 is 11.9 Å². The predicted molar refractivity (Wildman–Crippen MR) is 148 cm³/mol. The van der Waals surface area contributed by atoms with Crippen LogP contribution in [0.25, 0.3) is 22.4 Å². The summed E-state index contributed by atoms with van der Waals surface area (Å²) < 4.78 is 5.25. The van der Waals surface area contributed by atoms with Gasteiger partial charge in [0, 0.05) is 30.3 Å². The standard InChI is InChI=1S/C32H35N3O3/c1-3-4-11-30(36)35(32(31(37)38-2)18-7-5-8-19-32)23-24-12-14-25(15-13-24)28-21-26(16-17-27(28)22-33)29-10-6-9-20-34-29/h6,9-10,12-17,20-21H,3-5,7-8,11,18-19,23H2,1-2H3. The number of benzene rings is 2. The van der Waals surface area contributed by atoms with E-state index >= 15 is 0 Å². The second kappa shape index (κ2) is 12.5. The molecule has 0 aliphatic heterocycles. The zero-order valence-electron chi connectivity index (χ0n) is 22.3. The number of esters is 1. The molecule has 3 aromatic rings. The molecule has 0 radical (unpaired) electrons. The summed E-state index contributed by atoms with van der Waals surface area (Å²) in [5.41, 5.74) is 4.13. The normalized spacial score (nSPS) is 14.3. The molecule has 0 atom stereocenters. The molecule has 1 fully saturated rings. The van der Waals surface area contributed by atoms with Gasteiger partial charge in [-0.05, 0) is 54.7 Å². The first-order valence-corrected chi connectivity index (χ1v) is 13.5. The number of hydrogen-bond donors (Lipinski definition) is 0. The molecule has 6 heteroatoms. The molecule has 1 aliphatic carbocycles. The quantitative estimate of drug-likeness (QED) is 0.300. The number of methoxy groups -OCH3 is 1. The van der Waals surface area contributed by atoms with E-state index in [1.165, 1.54) is 7.11 Å². The topological polar surface area (TPSA) is 83.3 Å². The van der Waals surface area contributed by atoms with Crippen LogP contribution in [0.1, 0.15) is 69.4 Å². The minimum Gasteiger partial charge on any atom is -0.467 e. The van der Waals surface area contributed by atoms with E-state index in [1.54, 1.807) is 11.1 Å². The summed E-state index contributed by atoms with van der Waals surface area (Å²) in [6.07, 6.45) is 7.98. The Bertz CT molecular complexity index is 1290. The molecule has 1 aliphatic rings. The molecule has 6 nitrogen and oxygen atoms in total. The number of unbranched alkanes of at least 4 members (excludes halogenated alkanes) is 1. The van der Waals surface area contributed by atoms with E-state index in [0.29, 0.717) is 31.4 Å². The number of hydrogen-bond acceptors (Lipinski definition) is 5. The van der Waals surface area contributed by atoms with Crippen molar-refractivity contribution in [2.24, 2.45) is 0 Å². The lowest BCUT2D eigenvalue weighted by atomic mass is 9.79. The van der Waals surface area contributed by atoms with Gasteiger partial charge in [-0.3, -0.25) is 9.78 Å². The van der Waals surface area contributed by atoms with Crippen molar-refractivity contribution < 1.29 is 14.3 Å². The van der Waals surface area contributed by atoms with Gasteiger partial charge in [-0.1, -0.05) is 69.0 Å². The highest BCUT2D eigenvalue weighted by Gasteiger charge is 2.47. The number of rotatable bonds is 9. The highest BCUT2D eigenvalue weighted by Crippen LogP contribution is 2.37. The third-order valence-corrected chi connectivity index (χ3v) is 7.51. The molecule has 38 heavy (non-hydrogen) atoms. The van der Waals surface area contributed by atoms with Crippen LogP contribution in [0.3, 0.4) is 0 Å². The second-order valence-electron chi connectivity index (χ2n) is 9.95. The third kappa shape index (κ3) is 5.78. The van der Waals surface area contributed by atoms with E-state index < -0.39 is 5.54 Å². The molecular formula is C32H35N3O3. The number of pyridine rings is 1. The van der Waals surface area contributed by atoms with E-state index in [0.717, 1.165) is 60.1 Å². The summed E-state index contributed by atoms with van der Waals surface area (Å²) in [6, 6.07) is 21.7. The summed E-state index contributed by atoms with van der Waals surface area (Å²) in [5, 5.41) is 9.74. The average Bonchev–Trinajstić information content (AvgIpc) is 2.99. The summed E-state index contributed by atoms with van der Waals surface area (Å²) in [4.78, 5) is 32.8. The summed E-state index contributed by atoms with van der Waals surface area (Å²) in [6.45, 7) is 2.41. The summed E-state index contributed by atoms with van der Waals surface area (Å²) in [5.74, 6) is -0.318.